The van der Waals surface area contributed by atoms with Gasteiger partial charge in [0.2, 0.25) is 0 Å². The lowest BCUT2D eigenvalue weighted by atomic mass is 9.75. The topological polar surface area (TPSA) is 80.0 Å². The van der Waals surface area contributed by atoms with Crippen molar-refractivity contribution in [3.8, 4) is 0 Å². The zero-order valence-electron chi connectivity index (χ0n) is 14.1. The van der Waals surface area contributed by atoms with E-state index in [0.29, 0.717) is 6.54 Å². The highest BCUT2D eigenvalue weighted by molar-refractivity contribution is 5.92. The van der Waals surface area contributed by atoms with E-state index in [2.05, 4.69) is 15.6 Å². The Morgan fingerprint density at radius 2 is 1.87 bits per heavy atom. The molecule has 124 valence electrons. The van der Waals surface area contributed by atoms with Crippen LogP contribution in [0.25, 0.3) is 0 Å². The number of benzene rings is 1. The predicted molar refractivity (Wildman–Crippen MR) is 88.0 cm³/mol. The van der Waals surface area contributed by atoms with Gasteiger partial charge < -0.3 is 10.4 Å². The maximum atomic E-state index is 12.4. The molecule has 23 heavy (non-hydrogen) atoms. The summed E-state index contributed by atoms with van der Waals surface area (Å²) in [5.74, 6) is -0.296. The van der Waals surface area contributed by atoms with Crippen LogP contribution in [-0.2, 0) is 6.54 Å². The Kier molecular flexibility index (Phi) is 4.85. The van der Waals surface area contributed by atoms with Gasteiger partial charge in [-0.15, -0.1) is 5.10 Å². The van der Waals surface area contributed by atoms with Crippen molar-refractivity contribution in [3.05, 3.63) is 47.8 Å². The van der Waals surface area contributed by atoms with E-state index in [4.69, 9.17) is 0 Å². The van der Waals surface area contributed by atoms with E-state index in [-0.39, 0.29) is 18.2 Å². The van der Waals surface area contributed by atoms with Gasteiger partial charge in [0.15, 0.2) is 5.69 Å². The third-order valence-corrected chi connectivity index (χ3v) is 4.47. The van der Waals surface area contributed by atoms with Crippen LogP contribution in [-0.4, -0.2) is 38.2 Å². The molecular formula is C17H24N4O2. The van der Waals surface area contributed by atoms with Gasteiger partial charge in [-0.2, -0.15) is 0 Å². The van der Waals surface area contributed by atoms with Crippen LogP contribution in [0.15, 0.2) is 36.5 Å². The second-order valence-electron chi connectivity index (χ2n) is 6.91. The number of carbonyl (C=O) groups excluding carboxylic acids is 1. The van der Waals surface area contributed by atoms with E-state index >= 15 is 0 Å². The van der Waals surface area contributed by atoms with Crippen molar-refractivity contribution in [2.75, 3.05) is 6.61 Å². The third kappa shape index (κ3) is 3.96. The summed E-state index contributed by atoms with van der Waals surface area (Å²) in [6.45, 7) is 8.11. The highest BCUT2D eigenvalue weighted by Crippen LogP contribution is 2.29. The molecule has 1 heterocycles. The van der Waals surface area contributed by atoms with Gasteiger partial charge in [-0.3, -0.25) is 4.79 Å². The minimum absolute atomic E-state index is 0.0268. The first kappa shape index (κ1) is 17.1. The van der Waals surface area contributed by atoms with Gasteiger partial charge in [0.05, 0.1) is 19.3 Å². The number of aliphatic hydroxyl groups is 1. The maximum Gasteiger partial charge on any atom is 0.273 e. The molecule has 6 nitrogen and oxygen atoms in total. The summed E-state index contributed by atoms with van der Waals surface area (Å²) in [6, 6.07) is 9.86. The molecule has 0 fully saturated rings. The van der Waals surface area contributed by atoms with E-state index in [1.165, 1.54) is 0 Å². The fraction of sp³-hybridized carbons (Fsp3) is 0.471. The molecule has 0 aliphatic rings. The van der Waals surface area contributed by atoms with Gasteiger partial charge in [-0.1, -0.05) is 49.4 Å². The molecule has 0 aliphatic carbocycles. The zero-order chi connectivity index (χ0) is 17.1. The molecule has 2 N–H and O–H groups in total. The van der Waals surface area contributed by atoms with Crippen LogP contribution in [0.3, 0.4) is 0 Å². The molecule has 0 unspecified atom stereocenters. The largest absolute Gasteiger partial charge is 0.396 e. The zero-order valence-corrected chi connectivity index (χ0v) is 14.1. The lowest BCUT2D eigenvalue weighted by molar-refractivity contribution is 0.0569. The minimum Gasteiger partial charge on any atom is -0.396 e. The van der Waals surface area contributed by atoms with E-state index in [9.17, 15) is 9.90 Å². The van der Waals surface area contributed by atoms with Crippen LogP contribution in [0.2, 0.25) is 0 Å². The summed E-state index contributed by atoms with van der Waals surface area (Å²) < 4.78 is 1.63. The summed E-state index contributed by atoms with van der Waals surface area (Å²) in [5, 5.41) is 20.4. The number of hydrogen-bond acceptors (Lipinski definition) is 4. The van der Waals surface area contributed by atoms with E-state index < -0.39 is 11.0 Å². The number of rotatable bonds is 6. The van der Waals surface area contributed by atoms with Gasteiger partial charge in [0, 0.05) is 11.0 Å². The molecular weight excluding hydrogens is 292 g/mol. The standard InChI is InChI=1S/C17H24N4O2/c1-16(2,12-22)17(3,4)18-15(23)14-11-21(20-19-14)10-13-8-6-5-7-9-13/h5-9,11,22H,10,12H2,1-4H3,(H,18,23). The van der Waals surface area contributed by atoms with E-state index in [1.54, 1.807) is 10.9 Å². The van der Waals surface area contributed by atoms with Gasteiger partial charge in [0.1, 0.15) is 0 Å². The van der Waals surface area contributed by atoms with Gasteiger partial charge in [0.25, 0.3) is 5.91 Å². The van der Waals surface area contributed by atoms with Gasteiger partial charge in [-0.05, 0) is 19.4 Å². The Labute approximate surface area is 136 Å². The maximum absolute atomic E-state index is 12.4. The molecule has 0 aliphatic heterocycles. The molecule has 1 amide bonds. The van der Waals surface area contributed by atoms with E-state index in [1.807, 2.05) is 58.0 Å². The number of carbonyl (C=O) groups is 1. The summed E-state index contributed by atoms with van der Waals surface area (Å²) in [5.41, 5.74) is 0.318. The number of nitrogens with one attached hydrogen (secondary N) is 1. The molecule has 1 aromatic carbocycles. The quantitative estimate of drug-likeness (QED) is 0.852. The minimum atomic E-state index is -0.581. The Morgan fingerprint density at radius 3 is 2.48 bits per heavy atom. The second kappa shape index (κ2) is 6.50. The van der Waals surface area contributed by atoms with Crippen molar-refractivity contribution in [2.24, 2.45) is 5.41 Å². The van der Waals surface area contributed by atoms with Crippen molar-refractivity contribution < 1.29 is 9.90 Å². The fourth-order valence-corrected chi connectivity index (χ4v) is 1.96. The number of amides is 1. The van der Waals surface area contributed by atoms with Gasteiger partial charge in [-0.25, -0.2) is 4.68 Å². The fourth-order valence-electron chi connectivity index (χ4n) is 1.96. The van der Waals surface area contributed by atoms with Crippen LogP contribution in [0.1, 0.15) is 43.7 Å². The average molecular weight is 316 g/mol. The van der Waals surface area contributed by atoms with Crippen molar-refractivity contribution in [3.63, 3.8) is 0 Å². The van der Waals surface area contributed by atoms with Crippen LogP contribution in [0.5, 0.6) is 0 Å². The molecule has 2 rings (SSSR count). The predicted octanol–water partition coefficient (Wildman–Crippen LogP) is 1.85. The van der Waals surface area contributed by atoms with Crippen LogP contribution in [0, 0.1) is 5.41 Å². The molecule has 0 atom stereocenters. The monoisotopic (exact) mass is 316 g/mol. The summed E-state index contributed by atoms with van der Waals surface area (Å²) in [6.07, 6.45) is 1.63. The Bertz CT molecular complexity index is 662. The average Bonchev–Trinajstić information content (AvgIpc) is 2.96. The molecule has 2 aromatic rings. The summed E-state index contributed by atoms with van der Waals surface area (Å²) in [4.78, 5) is 12.4. The first-order chi connectivity index (χ1) is 10.7. The highest BCUT2D eigenvalue weighted by Gasteiger charge is 2.38. The van der Waals surface area contributed by atoms with Crippen LogP contribution >= 0.6 is 0 Å². The second-order valence-corrected chi connectivity index (χ2v) is 6.91. The highest BCUT2D eigenvalue weighted by atomic mass is 16.3. The number of aliphatic hydroxyl groups excluding tert-OH is 1. The first-order valence-electron chi connectivity index (χ1n) is 7.62. The first-order valence-corrected chi connectivity index (χ1v) is 7.62. The van der Waals surface area contributed by atoms with Crippen LogP contribution < -0.4 is 5.32 Å². The molecule has 6 heteroatoms. The van der Waals surface area contributed by atoms with Crippen molar-refractivity contribution >= 4 is 5.91 Å². The van der Waals surface area contributed by atoms with Crippen molar-refractivity contribution in [1.29, 1.82) is 0 Å². The molecule has 0 radical (unpaired) electrons. The molecule has 0 bridgehead atoms. The van der Waals surface area contributed by atoms with E-state index in [0.717, 1.165) is 5.56 Å². The lowest BCUT2D eigenvalue weighted by Gasteiger charge is -2.40. The van der Waals surface area contributed by atoms with Crippen molar-refractivity contribution in [2.45, 2.75) is 39.8 Å². The normalized spacial score (nSPS) is 12.2. The Morgan fingerprint density at radius 1 is 1.22 bits per heavy atom. The Hall–Kier alpha value is -2.21. The molecule has 0 spiro atoms. The number of aromatic nitrogens is 3. The van der Waals surface area contributed by atoms with Crippen LogP contribution in [0.4, 0.5) is 0 Å². The molecule has 1 aromatic heterocycles. The van der Waals surface area contributed by atoms with Crippen molar-refractivity contribution in [1.82, 2.24) is 20.3 Å². The molecule has 0 saturated heterocycles. The lowest BCUT2D eigenvalue weighted by Crippen LogP contribution is -2.55. The Balaban J connectivity index is 2.07. The SMILES string of the molecule is CC(C)(CO)C(C)(C)NC(=O)c1cn(Cc2ccccc2)nn1. The van der Waals surface area contributed by atoms with Gasteiger partial charge >= 0.3 is 0 Å². The third-order valence-electron chi connectivity index (χ3n) is 4.47. The number of hydrogen-bond donors (Lipinski definition) is 2. The molecule has 0 saturated carbocycles. The summed E-state index contributed by atoms with van der Waals surface area (Å²) in [7, 11) is 0. The number of nitrogens with zero attached hydrogens (tertiary/aromatic N) is 3. The summed E-state index contributed by atoms with van der Waals surface area (Å²) >= 11 is 0. The smallest absolute Gasteiger partial charge is 0.273 e.